The highest BCUT2D eigenvalue weighted by molar-refractivity contribution is 6.31. The highest BCUT2D eigenvalue weighted by atomic mass is 35.5. The fourth-order valence-corrected chi connectivity index (χ4v) is 4.09. The van der Waals surface area contributed by atoms with E-state index in [1.807, 2.05) is 35.9 Å². The minimum absolute atomic E-state index is 0.0197. The average Bonchev–Trinajstić information content (AvgIpc) is 2.86. The minimum Gasteiger partial charge on any atom is -0.496 e. The van der Waals surface area contributed by atoms with E-state index in [0.717, 1.165) is 5.56 Å². The summed E-state index contributed by atoms with van der Waals surface area (Å²) >= 11 is 5.92. The first-order valence-electron chi connectivity index (χ1n) is 11.0. The van der Waals surface area contributed by atoms with Gasteiger partial charge < -0.3 is 19.7 Å². The van der Waals surface area contributed by atoms with E-state index < -0.39 is 5.82 Å². The molecule has 0 saturated carbocycles. The maximum Gasteiger partial charge on any atom is 0.239 e. The number of aromatic nitrogens is 2. The number of amides is 1. The van der Waals surface area contributed by atoms with Crippen molar-refractivity contribution >= 4 is 39.9 Å². The summed E-state index contributed by atoms with van der Waals surface area (Å²) in [5.41, 5.74) is 1.70. The van der Waals surface area contributed by atoms with Crippen LogP contribution < -0.4 is 10.1 Å². The lowest BCUT2D eigenvalue weighted by molar-refractivity contribution is -0.140. The van der Waals surface area contributed by atoms with E-state index in [1.54, 1.807) is 19.2 Å². The number of nitrogens with zero attached hydrogens (tertiary/aromatic N) is 4. The lowest BCUT2D eigenvalue weighted by Crippen LogP contribution is -2.49. The van der Waals surface area contributed by atoms with Gasteiger partial charge in [0.15, 0.2) is 5.82 Å². The van der Waals surface area contributed by atoms with Gasteiger partial charge in [-0.3, -0.25) is 9.69 Å². The number of fused-ring (bicyclic) bond motifs is 1. The molecule has 3 aromatic rings. The molecular formula is C24H27ClFN5O3. The number of halogens is 2. The first-order valence-corrected chi connectivity index (χ1v) is 11.4. The molecule has 0 spiro atoms. The van der Waals surface area contributed by atoms with Gasteiger partial charge in [-0.05, 0) is 32.2 Å². The number of benzene rings is 2. The van der Waals surface area contributed by atoms with Gasteiger partial charge in [-0.25, -0.2) is 14.4 Å². The molecule has 1 atom stereocenters. The van der Waals surface area contributed by atoms with Gasteiger partial charge in [0.2, 0.25) is 5.91 Å². The number of methoxy groups -OCH3 is 1. The van der Waals surface area contributed by atoms with Crippen molar-refractivity contribution in [1.82, 2.24) is 19.8 Å². The third kappa shape index (κ3) is 5.06. The largest absolute Gasteiger partial charge is 0.496 e. The van der Waals surface area contributed by atoms with Crippen molar-refractivity contribution in [3.05, 3.63) is 53.1 Å². The van der Waals surface area contributed by atoms with Gasteiger partial charge in [-0.2, -0.15) is 0 Å². The van der Waals surface area contributed by atoms with Crippen LogP contribution in [0, 0.1) is 5.82 Å². The van der Waals surface area contributed by atoms with E-state index in [4.69, 9.17) is 21.1 Å². The van der Waals surface area contributed by atoms with Gasteiger partial charge in [0.25, 0.3) is 0 Å². The molecule has 2 heterocycles. The molecule has 0 radical (unpaired) electrons. The van der Waals surface area contributed by atoms with Gasteiger partial charge in [0.1, 0.15) is 17.9 Å². The fourth-order valence-electron chi connectivity index (χ4n) is 3.91. The zero-order valence-corrected chi connectivity index (χ0v) is 20.1. The Kier molecular flexibility index (Phi) is 7.45. The zero-order valence-electron chi connectivity index (χ0n) is 19.3. The molecule has 1 aliphatic rings. The summed E-state index contributed by atoms with van der Waals surface area (Å²) in [6.07, 6.45) is 1.40. The molecule has 1 aliphatic heterocycles. The van der Waals surface area contributed by atoms with Crippen LogP contribution >= 0.6 is 11.6 Å². The second kappa shape index (κ2) is 10.5. The number of hydrogen-bond acceptors (Lipinski definition) is 7. The number of anilines is 2. The molecule has 2 aromatic carbocycles. The smallest absolute Gasteiger partial charge is 0.239 e. The molecule has 0 aliphatic carbocycles. The molecule has 1 N–H and O–H groups in total. The predicted molar refractivity (Wildman–Crippen MR) is 129 cm³/mol. The summed E-state index contributed by atoms with van der Waals surface area (Å²) in [5.74, 6) is 0.589. The Labute approximate surface area is 202 Å². The van der Waals surface area contributed by atoms with Crippen molar-refractivity contribution in [3.8, 4) is 5.75 Å². The average molecular weight is 488 g/mol. The normalized spacial score (nSPS) is 14.9. The number of morpholine rings is 1. The minimum atomic E-state index is -0.556. The van der Waals surface area contributed by atoms with Gasteiger partial charge in [-0.15, -0.1) is 0 Å². The molecule has 8 nitrogen and oxygen atoms in total. The third-order valence-corrected chi connectivity index (χ3v) is 6.30. The van der Waals surface area contributed by atoms with Crippen LogP contribution in [0.15, 0.2) is 36.7 Å². The molecule has 1 amide bonds. The summed E-state index contributed by atoms with van der Waals surface area (Å²) in [6, 6.07) is 8.12. The van der Waals surface area contributed by atoms with E-state index >= 15 is 0 Å². The number of carbonyl (C=O) groups is 1. The molecule has 10 heteroatoms. The second-order valence-electron chi connectivity index (χ2n) is 8.16. The Bertz CT molecular complexity index is 1190. The Hall–Kier alpha value is -3.01. The predicted octanol–water partition coefficient (Wildman–Crippen LogP) is 3.85. The molecule has 0 bridgehead atoms. The van der Waals surface area contributed by atoms with E-state index in [9.17, 15) is 9.18 Å². The molecule has 1 saturated heterocycles. The van der Waals surface area contributed by atoms with Crippen LogP contribution in [0.1, 0.15) is 12.5 Å². The second-order valence-corrected chi connectivity index (χ2v) is 8.57. The molecule has 180 valence electrons. The van der Waals surface area contributed by atoms with Crippen LogP contribution in [0.2, 0.25) is 5.02 Å². The van der Waals surface area contributed by atoms with E-state index in [2.05, 4.69) is 15.3 Å². The van der Waals surface area contributed by atoms with Crippen LogP contribution in [-0.2, 0) is 16.1 Å². The maximum atomic E-state index is 14.5. The van der Waals surface area contributed by atoms with Crippen molar-refractivity contribution in [1.29, 1.82) is 0 Å². The van der Waals surface area contributed by atoms with Crippen molar-refractivity contribution in [2.24, 2.45) is 0 Å². The lowest BCUT2D eigenvalue weighted by Gasteiger charge is -2.33. The third-order valence-electron chi connectivity index (χ3n) is 6.00. The van der Waals surface area contributed by atoms with Crippen molar-refractivity contribution < 1.29 is 18.7 Å². The first kappa shape index (κ1) is 24.1. The molecule has 1 aromatic heterocycles. The fraction of sp³-hybridized carbons (Fsp3) is 0.375. The quantitative estimate of drug-likeness (QED) is 0.542. The van der Waals surface area contributed by atoms with Crippen LogP contribution in [0.25, 0.3) is 10.9 Å². The Morgan fingerprint density at radius 2 is 2.09 bits per heavy atom. The van der Waals surface area contributed by atoms with Gasteiger partial charge in [0, 0.05) is 36.7 Å². The SMILES string of the molecule is COc1cc2ncnc(Nc3cccc(Cl)c3F)c2cc1CN(C)[C@H](C)C(=O)N1CCOCC1. The van der Waals surface area contributed by atoms with Crippen molar-refractivity contribution in [2.45, 2.75) is 19.5 Å². The Balaban J connectivity index is 1.62. The maximum absolute atomic E-state index is 14.5. The molecule has 1 fully saturated rings. The number of rotatable bonds is 7. The number of ether oxygens (including phenoxy) is 2. The van der Waals surface area contributed by atoms with Gasteiger partial charge >= 0.3 is 0 Å². The monoisotopic (exact) mass is 487 g/mol. The van der Waals surface area contributed by atoms with Crippen LogP contribution in [0.5, 0.6) is 5.75 Å². The molecular weight excluding hydrogens is 461 g/mol. The summed E-state index contributed by atoms with van der Waals surface area (Å²) in [6.45, 7) is 4.67. The topological polar surface area (TPSA) is 79.8 Å². The number of nitrogens with one attached hydrogen (secondary N) is 1. The van der Waals surface area contributed by atoms with E-state index in [-0.39, 0.29) is 22.7 Å². The molecule has 4 rings (SSSR count). The van der Waals surface area contributed by atoms with Crippen LogP contribution in [0.3, 0.4) is 0 Å². The highest BCUT2D eigenvalue weighted by Gasteiger charge is 2.26. The van der Waals surface area contributed by atoms with Crippen molar-refractivity contribution in [3.63, 3.8) is 0 Å². The zero-order chi connectivity index (χ0) is 24.2. The Morgan fingerprint density at radius 3 is 2.82 bits per heavy atom. The number of carbonyl (C=O) groups excluding carboxylic acids is 1. The number of likely N-dealkylation sites (N-methyl/N-ethyl adjacent to an activating group) is 1. The summed E-state index contributed by atoms with van der Waals surface area (Å²) in [5, 5.41) is 3.73. The highest BCUT2D eigenvalue weighted by Crippen LogP contribution is 2.32. The van der Waals surface area contributed by atoms with Crippen molar-refractivity contribution in [2.75, 3.05) is 45.8 Å². The standard InChI is InChI=1S/C24H27ClFN5O3/c1-15(24(32)31-7-9-34-10-8-31)30(2)13-16-11-17-20(12-21(16)33-3)27-14-28-23(17)29-19-6-4-5-18(25)22(19)26/h4-6,11-12,14-15H,7-10,13H2,1-3H3,(H,27,28,29)/t15-/m1/s1. The first-order chi connectivity index (χ1) is 16.4. The summed E-state index contributed by atoms with van der Waals surface area (Å²) < 4.78 is 25.4. The molecule has 34 heavy (non-hydrogen) atoms. The lowest BCUT2D eigenvalue weighted by atomic mass is 10.1. The van der Waals surface area contributed by atoms with Gasteiger partial charge in [0.05, 0.1) is 42.6 Å². The summed E-state index contributed by atoms with van der Waals surface area (Å²) in [7, 11) is 3.49. The van der Waals surface area contributed by atoms with Gasteiger partial charge in [-0.1, -0.05) is 17.7 Å². The van der Waals surface area contributed by atoms with E-state index in [1.165, 1.54) is 12.4 Å². The molecule has 0 unspecified atom stereocenters. The Morgan fingerprint density at radius 1 is 1.32 bits per heavy atom. The van der Waals surface area contributed by atoms with Crippen LogP contribution in [0.4, 0.5) is 15.9 Å². The summed E-state index contributed by atoms with van der Waals surface area (Å²) in [4.78, 5) is 25.4. The van der Waals surface area contributed by atoms with E-state index in [0.29, 0.717) is 55.3 Å². The van der Waals surface area contributed by atoms with Crippen LogP contribution in [-0.4, -0.2) is 72.2 Å². The number of hydrogen-bond donors (Lipinski definition) is 1.